The number of rotatable bonds is 5. The number of hydrogen-bond donors (Lipinski definition) is 2. The molecule has 1 heterocycles. The molecule has 0 bridgehead atoms. The number of aliphatic carboxylic acids is 1. The van der Waals surface area contributed by atoms with Crippen LogP contribution in [-0.4, -0.2) is 37.6 Å². The number of aromatic nitrogens is 3. The Kier molecular flexibility index (Phi) is 4.10. The Morgan fingerprint density at radius 1 is 1.67 bits per heavy atom. The quantitative estimate of drug-likeness (QED) is 0.725. The van der Waals surface area contributed by atoms with Gasteiger partial charge >= 0.3 is 5.97 Å². The van der Waals surface area contributed by atoms with E-state index in [1.165, 1.54) is 11.8 Å². The van der Waals surface area contributed by atoms with Gasteiger partial charge in [-0.05, 0) is 6.92 Å². The Hall–Kier alpha value is -1.08. The summed E-state index contributed by atoms with van der Waals surface area (Å²) in [6.07, 6.45) is 0. The van der Waals surface area contributed by atoms with Crippen molar-refractivity contribution in [2.24, 2.45) is 12.8 Å². The molecule has 0 aromatic carbocycles. The lowest BCUT2D eigenvalue weighted by molar-refractivity contribution is -0.137. The summed E-state index contributed by atoms with van der Waals surface area (Å²) in [5.74, 6) is 1.69. The Morgan fingerprint density at radius 3 is 2.80 bits per heavy atom. The average Bonchev–Trinajstić information content (AvgIpc) is 2.49. The molecule has 0 aliphatic heterocycles. The van der Waals surface area contributed by atoms with Gasteiger partial charge < -0.3 is 15.4 Å². The molecule has 0 spiro atoms. The lowest BCUT2D eigenvalue weighted by Crippen LogP contribution is -2.32. The van der Waals surface area contributed by atoms with Gasteiger partial charge in [-0.15, -0.1) is 10.2 Å². The van der Waals surface area contributed by atoms with Gasteiger partial charge in [-0.2, -0.15) is 11.8 Å². The fourth-order valence-electron chi connectivity index (χ4n) is 0.925. The summed E-state index contributed by atoms with van der Waals surface area (Å²) in [5, 5.41) is 16.4. The number of nitrogens with zero attached hydrogens (tertiary/aromatic N) is 3. The lowest BCUT2D eigenvalue weighted by atomic mass is 10.4. The number of hydrogen-bond acceptors (Lipinski definition) is 5. The molecule has 0 aliphatic carbocycles. The molecule has 0 aliphatic rings. The topological polar surface area (TPSA) is 94.0 Å². The van der Waals surface area contributed by atoms with Crippen molar-refractivity contribution in [2.75, 3.05) is 5.75 Å². The van der Waals surface area contributed by atoms with Gasteiger partial charge in [0.2, 0.25) is 0 Å². The van der Waals surface area contributed by atoms with Crippen LogP contribution in [0.4, 0.5) is 0 Å². The molecule has 1 aromatic heterocycles. The largest absolute Gasteiger partial charge is 0.480 e. The molecule has 3 N–H and O–H groups in total. The molecule has 0 radical (unpaired) electrons. The minimum atomic E-state index is -0.975. The van der Waals surface area contributed by atoms with Crippen molar-refractivity contribution in [1.82, 2.24) is 14.8 Å². The maximum absolute atomic E-state index is 10.4. The van der Waals surface area contributed by atoms with Gasteiger partial charge in [-0.3, -0.25) is 4.79 Å². The van der Waals surface area contributed by atoms with E-state index in [0.29, 0.717) is 11.5 Å². The van der Waals surface area contributed by atoms with Gasteiger partial charge in [0, 0.05) is 12.8 Å². The van der Waals surface area contributed by atoms with Gasteiger partial charge in [-0.25, -0.2) is 0 Å². The highest BCUT2D eigenvalue weighted by molar-refractivity contribution is 7.98. The van der Waals surface area contributed by atoms with Crippen LogP contribution in [-0.2, 0) is 17.6 Å². The van der Waals surface area contributed by atoms with Crippen molar-refractivity contribution in [1.29, 1.82) is 0 Å². The minimum Gasteiger partial charge on any atom is -0.480 e. The van der Waals surface area contributed by atoms with E-state index in [-0.39, 0.29) is 0 Å². The summed E-state index contributed by atoms with van der Waals surface area (Å²) in [7, 11) is 1.88. The lowest BCUT2D eigenvalue weighted by Gasteiger charge is -2.05. The van der Waals surface area contributed by atoms with Crippen LogP contribution >= 0.6 is 11.8 Å². The van der Waals surface area contributed by atoms with Crippen LogP contribution in [0.2, 0.25) is 0 Å². The molecule has 1 aromatic rings. The Labute approximate surface area is 91.9 Å². The summed E-state index contributed by atoms with van der Waals surface area (Å²) in [4.78, 5) is 10.4. The first-order valence-corrected chi connectivity index (χ1v) is 5.59. The van der Waals surface area contributed by atoms with Crippen molar-refractivity contribution in [3.63, 3.8) is 0 Å². The van der Waals surface area contributed by atoms with E-state index in [2.05, 4.69) is 10.2 Å². The van der Waals surface area contributed by atoms with Crippen molar-refractivity contribution in [2.45, 2.75) is 18.7 Å². The summed E-state index contributed by atoms with van der Waals surface area (Å²) in [6.45, 7) is 1.87. The van der Waals surface area contributed by atoms with Crippen LogP contribution < -0.4 is 5.73 Å². The highest BCUT2D eigenvalue weighted by Crippen LogP contribution is 2.11. The fraction of sp³-hybridized carbons (Fsp3) is 0.625. The maximum atomic E-state index is 10.4. The second kappa shape index (κ2) is 5.13. The zero-order chi connectivity index (χ0) is 11.4. The van der Waals surface area contributed by atoms with Gasteiger partial charge in [0.15, 0.2) is 0 Å². The first-order chi connectivity index (χ1) is 7.02. The Balaban J connectivity index is 2.38. The normalized spacial score (nSPS) is 12.7. The number of carboxylic acids is 1. The molecular formula is C8H14N4O2S. The van der Waals surface area contributed by atoms with Crippen molar-refractivity contribution < 1.29 is 9.90 Å². The predicted octanol–water partition coefficient (Wildman–Crippen LogP) is -0.231. The van der Waals surface area contributed by atoms with Crippen LogP contribution in [0.1, 0.15) is 11.6 Å². The molecule has 1 rings (SSSR count). The zero-order valence-electron chi connectivity index (χ0n) is 8.67. The van der Waals surface area contributed by atoms with Gasteiger partial charge in [-0.1, -0.05) is 0 Å². The number of carboxylic acid groups (broad SMARTS) is 1. The molecule has 15 heavy (non-hydrogen) atoms. The molecule has 1 atom stereocenters. The van der Waals surface area contributed by atoms with E-state index < -0.39 is 12.0 Å². The third kappa shape index (κ3) is 3.21. The second-order valence-electron chi connectivity index (χ2n) is 3.18. The first-order valence-electron chi connectivity index (χ1n) is 4.43. The molecule has 7 heteroatoms. The van der Waals surface area contributed by atoms with Crippen molar-refractivity contribution >= 4 is 17.7 Å². The molecule has 0 fully saturated rings. The molecule has 0 amide bonds. The van der Waals surface area contributed by atoms with Gasteiger partial charge in [0.1, 0.15) is 17.7 Å². The molecule has 84 valence electrons. The van der Waals surface area contributed by atoms with Gasteiger partial charge in [0.25, 0.3) is 0 Å². The van der Waals surface area contributed by atoms with Crippen molar-refractivity contribution in [3.05, 3.63) is 11.6 Å². The van der Waals surface area contributed by atoms with E-state index in [4.69, 9.17) is 10.8 Å². The van der Waals surface area contributed by atoms with E-state index in [9.17, 15) is 4.79 Å². The molecular weight excluding hydrogens is 216 g/mol. The first kappa shape index (κ1) is 12.0. The Morgan fingerprint density at radius 2 is 2.33 bits per heavy atom. The molecule has 6 nitrogen and oxygen atoms in total. The molecule has 0 saturated carbocycles. The standard InChI is InChI=1S/C8H14N4O2S/c1-5-10-11-7(12(5)2)4-15-3-6(9)8(13)14/h6H,3-4,9H2,1-2H3,(H,13,14)/t6-/m0/s1. The van der Waals surface area contributed by atoms with Crippen LogP contribution in [0.3, 0.4) is 0 Å². The van der Waals surface area contributed by atoms with Crippen LogP contribution in [0.15, 0.2) is 0 Å². The highest BCUT2D eigenvalue weighted by atomic mass is 32.2. The zero-order valence-corrected chi connectivity index (χ0v) is 9.49. The third-order valence-electron chi connectivity index (χ3n) is 2.03. The molecule has 0 saturated heterocycles. The summed E-state index contributed by atoms with van der Waals surface area (Å²) in [5.41, 5.74) is 5.36. The van der Waals surface area contributed by atoms with E-state index >= 15 is 0 Å². The fourth-order valence-corrected chi connectivity index (χ4v) is 1.87. The number of thioether (sulfide) groups is 1. The second-order valence-corrected chi connectivity index (χ2v) is 4.21. The monoisotopic (exact) mass is 230 g/mol. The summed E-state index contributed by atoms with van der Waals surface area (Å²) >= 11 is 1.44. The van der Waals surface area contributed by atoms with E-state index in [1.54, 1.807) is 0 Å². The average molecular weight is 230 g/mol. The molecule has 0 unspecified atom stereocenters. The van der Waals surface area contributed by atoms with Crippen molar-refractivity contribution in [3.8, 4) is 0 Å². The van der Waals surface area contributed by atoms with Gasteiger partial charge in [0.05, 0.1) is 5.75 Å². The Bertz CT molecular complexity index is 352. The predicted molar refractivity (Wildman–Crippen MR) is 57.5 cm³/mol. The van der Waals surface area contributed by atoms with E-state index in [1.807, 2.05) is 18.5 Å². The summed E-state index contributed by atoms with van der Waals surface area (Å²) < 4.78 is 1.87. The highest BCUT2D eigenvalue weighted by Gasteiger charge is 2.12. The van der Waals surface area contributed by atoms with Crippen LogP contribution in [0.5, 0.6) is 0 Å². The number of aryl methyl sites for hydroxylation is 1. The minimum absolute atomic E-state index is 0.376. The SMILES string of the molecule is Cc1nnc(CSC[C@H](N)C(=O)O)n1C. The number of nitrogens with two attached hydrogens (primary N) is 1. The third-order valence-corrected chi connectivity index (χ3v) is 3.09. The van der Waals surface area contributed by atoms with Crippen LogP contribution in [0, 0.1) is 6.92 Å². The number of carbonyl (C=O) groups is 1. The smallest absolute Gasteiger partial charge is 0.321 e. The summed E-state index contributed by atoms with van der Waals surface area (Å²) in [6, 6.07) is -0.815. The van der Waals surface area contributed by atoms with E-state index in [0.717, 1.165) is 11.6 Å². The maximum Gasteiger partial charge on any atom is 0.321 e. The van der Waals surface area contributed by atoms with Crippen LogP contribution in [0.25, 0.3) is 0 Å².